The lowest BCUT2D eigenvalue weighted by Gasteiger charge is -1.90. The van der Waals surface area contributed by atoms with Gasteiger partial charge in [-0.2, -0.15) is 5.26 Å². The molecular formula is C12H10ClN. The van der Waals surface area contributed by atoms with E-state index in [1.165, 1.54) is 0 Å². The SMILES string of the molecule is N#Cc1cccc(C#CCCCCl)c1. The van der Waals surface area contributed by atoms with E-state index >= 15 is 0 Å². The number of halogens is 1. The van der Waals surface area contributed by atoms with Crippen molar-refractivity contribution < 1.29 is 0 Å². The van der Waals surface area contributed by atoms with E-state index in [0.717, 1.165) is 18.4 Å². The van der Waals surface area contributed by atoms with Gasteiger partial charge < -0.3 is 0 Å². The first-order valence-electron chi connectivity index (χ1n) is 4.42. The average Bonchev–Trinajstić information content (AvgIpc) is 2.25. The number of alkyl halides is 1. The van der Waals surface area contributed by atoms with Crippen LogP contribution in [-0.4, -0.2) is 5.88 Å². The van der Waals surface area contributed by atoms with Gasteiger partial charge >= 0.3 is 0 Å². The van der Waals surface area contributed by atoms with Gasteiger partial charge in [0.05, 0.1) is 11.6 Å². The van der Waals surface area contributed by atoms with Crippen molar-refractivity contribution in [2.24, 2.45) is 0 Å². The molecule has 70 valence electrons. The molecule has 0 aliphatic heterocycles. The smallest absolute Gasteiger partial charge is 0.0992 e. The van der Waals surface area contributed by atoms with E-state index in [0.29, 0.717) is 11.4 Å². The number of benzene rings is 1. The molecule has 0 aliphatic carbocycles. The van der Waals surface area contributed by atoms with E-state index in [9.17, 15) is 0 Å². The van der Waals surface area contributed by atoms with Crippen LogP contribution in [0.15, 0.2) is 24.3 Å². The standard InChI is InChI=1S/C12H10ClN/c13-8-3-1-2-5-11-6-4-7-12(9-11)10-14/h4,6-7,9H,1,3,8H2. The van der Waals surface area contributed by atoms with Gasteiger partial charge in [-0.25, -0.2) is 0 Å². The first kappa shape index (κ1) is 10.6. The number of nitriles is 1. The fraction of sp³-hybridized carbons (Fsp3) is 0.250. The molecule has 0 atom stereocenters. The third kappa shape index (κ3) is 3.52. The van der Waals surface area contributed by atoms with E-state index in [1.54, 1.807) is 12.1 Å². The molecule has 0 amide bonds. The van der Waals surface area contributed by atoms with E-state index in [4.69, 9.17) is 16.9 Å². The molecule has 0 spiro atoms. The van der Waals surface area contributed by atoms with Crippen LogP contribution < -0.4 is 0 Å². The minimum atomic E-state index is 0.646. The zero-order valence-corrected chi connectivity index (χ0v) is 8.51. The highest BCUT2D eigenvalue weighted by Gasteiger charge is 1.89. The van der Waals surface area contributed by atoms with Gasteiger partial charge in [0.15, 0.2) is 0 Å². The van der Waals surface area contributed by atoms with Gasteiger partial charge in [-0.15, -0.1) is 11.6 Å². The van der Waals surface area contributed by atoms with Crippen molar-refractivity contribution in [2.75, 3.05) is 5.88 Å². The van der Waals surface area contributed by atoms with Gasteiger partial charge in [0.1, 0.15) is 0 Å². The van der Waals surface area contributed by atoms with Gasteiger partial charge in [-0.05, 0) is 24.6 Å². The van der Waals surface area contributed by atoms with Gasteiger partial charge in [-0.3, -0.25) is 0 Å². The lowest BCUT2D eigenvalue weighted by atomic mass is 10.1. The molecule has 1 nitrogen and oxygen atoms in total. The van der Waals surface area contributed by atoms with Crippen molar-refractivity contribution in [2.45, 2.75) is 12.8 Å². The fourth-order valence-corrected chi connectivity index (χ4v) is 1.12. The van der Waals surface area contributed by atoms with E-state index in [2.05, 4.69) is 17.9 Å². The summed E-state index contributed by atoms with van der Waals surface area (Å²) in [5, 5.41) is 8.66. The molecule has 0 saturated heterocycles. The van der Waals surface area contributed by atoms with E-state index < -0.39 is 0 Å². The molecule has 0 N–H and O–H groups in total. The maximum Gasteiger partial charge on any atom is 0.0992 e. The van der Waals surface area contributed by atoms with Crippen molar-refractivity contribution in [3.8, 4) is 17.9 Å². The Balaban J connectivity index is 2.66. The highest BCUT2D eigenvalue weighted by molar-refractivity contribution is 6.17. The van der Waals surface area contributed by atoms with Crippen LogP contribution in [-0.2, 0) is 0 Å². The Bertz CT molecular complexity index is 393. The molecule has 0 heterocycles. The molecule has 2 heteroatoms. The molecule has 1 aromatic carbocycles. The fourth-order valence-electron chi connectivity index (χ4n) is 0.986. The summed E-state index contributed by atoms with van der Waals surface area (Å²) in [5.41, 5.74) is 1.53. The molecule has 14 heavy (non-hydrogen) atoms. The van der Waals surface area contributed by atoms with Crippen molar-refractivity contribution in [3.05, 3.63) is 35.4 Å². The number of hydrogen-bond acceptors (Lipinski definition) is 1. The van der Waals surface area contributed by atoms with Crippen LogP contribution in [0.3, 0.4) is 0 Å². The Labute approximate surface area is 89.3 Å². The summed E-state index contributed by atoms with van der Waals surface area (Å²) in [4.78, 5) is 0. The summed E-state index contributed by atoms with van der Waals surface area (Å²) in [5.74, 6) is 6.65. The van der Waals surface area contributed by atoms with Crippen LogP contribution in [0.2, 0.25) is 0 Å². The number of hydrogen-bond donors (Lipinski definition) is 0. The summed E-state index contributed by atoms with van der Waals surface area (Å²) in [6.45, 7) is 0. The van der Waals surface area contributed by atoms with Crippen LogP contribution in [0.1, 0.15) is 24.0 Å². The first-order chi connectivity index (χ1) is 6.86. The van der Waals surface area contributed by atoms with Gasteiger partial charge in [0.2, 0.25) is 0 Å². The molecule has 0 bridgehead atoms. The third-order valence-corrected chi connectivity index (χ3v) is 1.93. The number of nitrogens with zero attached hydrogens (tertiary/aromatic N) is 1. The van der Waals surface area contributed by atoms with Gasteiger partial charge in [0, 0.05) is 17.9 Å². The Morgan fingerprint density at radius 3 is 2.79 bits per heavy atom. The molecule has 0 unspecified atom stereocenters. The van der Waals surface area contributed by atoms with Crippen molar-refractivity contribution >= 4 is 11.6 Å². The van der Waals surface area contributed by atoms with Crippen molar-refractivity contribution in [1.29, 1.82) is 5.26 Å². The Morgan fingerprint density at radius 1 is 1.29 bits per heavy atom. The molecule has 0 aliphatic rings. The third-order valence-electron chi connectivity index (χ3n) is 1.66. The summed E-state index contributed by atoms with van der Waals surface area (Å²) in [7, 11) is 0. The second kappa shape index (κ2) is 6.08. The maximum absolute atomic E-state index is 8.66. The zero-order chi connectivity index (χ0) is 10.2. The zero-order valence-electron chi connectivity index (χ0n) is 7.76. The van der Waals surface area contributed by atoms with E-state index in [1.807, 2.05) is 12.1 Å². The molecule has 1 aromatic rings. The first-order valence-corrected chi connectivity index (χ1v) is 4.95. The average molecular weight is 204 g/mol. The predicted molar refractivity (Wildman–Crippen MR) is 58.0 cm³/mol. The topological polar surface area (TPSA) is 23.8 Å². The molecule has 0 saturated carbocycles. The lowest BCUT2D eigenvalue weighted by Crippen LogP contribution is -1.78. The van der Waals surface area contributed by atoms with Crippen LogP contribution in [0, 0.1) is 23.2 Å². The summed E-state index contributed by atoms with van der Waals surface area (Å²) >= 11 is 5.52. The summed E-state index contributed by atoms with van der Waals surface area (Å²) < 4.78 is 0. The van der Waals surface area contributed by atoms with Crippen LogP contribution in [0.25, 0.3) is 0 Å². The van der Waals surface area contributed by atoms with E-state index in [-0.39, 0.29) is 0 Å². The van der Waals surface area contributed by atoms with Crippen molar-refractivity contribution in [1.82, 2.24) is 0 Å². The number of rotatable bonds is 2. The molecule has 0 fully saturated rings. The highest BCUT2D eigenvalue weighted by atomic mass is 35.5. The minimum absolute atomic E-state index is 0.646. The summed E-state index contributed by atoms with van der Waals surface area (Å²) in [6.07, 6.45) is 1.72. The Kier molecular flexibility index (Phi) is 4.62. The second-order valence-electron chi connectivity index (χ2n) is 2.79. The quantitative estimate of drug-likeness (QED) is 0.412. The maximum atomic E-state index is 8.66. The minimum Gasteiger partial charge on any atom is -0.192 e. The lowest BCUT2D eigenvalue weighted by molar-refractivity contribution is 0.991. The van der Waals surface area contributed by atoms with Crippen LogP contribution in [0.4, 0.5) is 0 Å². The van der Waals surface area contributed by atoms with Gasteiger partial charge in [0.25, 0.3) is 0 Å². The second-order valence-corrected chi connectivity index (χ2v) is 3.16. The summed E-state index contributed by atoms with van der Waals surface area (Å²) in [6, 6.07) is 9.37. The Morgan fingerprint density at radius 2 is 2.07 bits per heavy atom. The number of unbranched alkanes of at least 4 members (excludes halogenated alkanes) is 1. The van der Waals surface area contributed by atoms with Crippen LogP contribution in [0.5, 0.6) is 0 Å². The Hall–Kier alpha value is -1.44. The normalized spacial score (nSPS) is 8.57. The molecular weight excluding hydrogens is 194 g/mol. The molecule has 1 rings (SSSR count). The monoisotopic (exact) mass is 203 g/mol. The molecule has 0 radical (unpaired) electrons. The van der Waals surface area contributed by atoms with Crippen molar-refractivity contribution in [3.63, 3.8) is 0 Å². The van der Waals surface area contributed by atoms with Gasteiger partial charge in [-0.1, -0.05) is 17.9 Å². The predicted octanol–water partition coefficient (Wildman–Crippen LogP) is 2.93. The largest absolute Gasteiger partial charge is 0.192 e. The molecule has 0 aromatic heterocycles. The highest BCUT2D eigenvalue weighted by Crippen LogP contribution is 2.02. The van der Waals surface area contributed by atoms with Crippen LogP contribution >= 0.6 is 11.6 Å².